The molecule has 1 aromatic carbocycles. The van der Waals surface area contributed by atoms with Gasteiger partial charge in [0.15, 0.2) is 0 Å². The van der Waals surface area contributed by atoms with Crippen molar-refractivity contribution in [3.05, 3.63) is 47.7 Å². The van der Waals surface area contributed by atoms with E-state index in [9.17, 15) is 9.59 Å². The first-order chi connectivity index (χ1) is 12.0. The zero-order valence-corrected chi connectivity index (χ0v) is 13.6. The summed E-state index contributed by atoms with van der Waals surface area (Å²) in [6.45, 7) is 3.33. The Bertz CT molecular complexity index is 911. The molecule has 0 unspecified atom stereocenters. The van der Waals surface area contributed by atoms with Crippen LogP contribution in [0.25, 0.3) is 11.3 Å². The van der Waals surface area contributed by atoms with E-state index >= 15 is 0 Å². The molecule has 2 amide bonds. The van der Waals surface area contributed by atoms with Crippen LogP contribution in [0.4, 0.5) is 11.6 Å². The Morgan fingerprint density at radius 1 is 1.08 bits per heavy atom. The summed E-state index contributed by atoms with van der Waals surface area (Å²) in [5.74, 6) is -0.407. The molecule has 0 aliphatic heterocycles. The third-order valence-electron chi connectivity index (χ3n) is 3.28. The molecule has 0 saturated carbocycles. The normalized spacial score (nSPS) is 9.92. The van der Waals surface area contributed by atoms with E-state index in [1.165, 1.54) is 6.92 Å². The van der Waals surface area contributed by atoms with Gasteiger partial charge in [0.05, 0.1) is 5.69 Å². The molecule has 3 aromatic rings. The number of nitrogens with one attached hydrogen (secondary N) is 3. The Balaban J connectivity index is 0.00000243. The number of aromatic amines is 1. The molecule has 2 aromatic heterocycles. The topological polar surface area (TPSA) is 126 Å². The van der Waals surface area contributed by atoms with Crippen LogP contribution >= 0.6 is 0 Å². The number of carbonyl (C=O) groups excluding carboxylic acids is 2. The van der Waals surface area contributed by atoms with E-state index in [-0.39, 0.29) is 47.1 Å². The van der Waals surface area contributed by atoms with Crippen LogP contribution in [0.1, 0.15) is 23.0 Å². The van der Waals surface area contributed by atoms with E-state index in [1.54, 1.807) is 18.2 Å². The monoisotopic (exact) mass is 361 g/mol. The van der Waals surface area contributed by atoms with Gasteiger partial charge in [-0.2, -0.15) is 0 Å². The number of aryl methyl sites for hydroxylation is 1. The van der Waals surface area contributed by atoms with E-state index < -0.39 is 5.91 Å². The van der Waals surface area contributed by atoms with E-state index in [0.717, 1.165) is 11.1 Å². The molecule has 0 spiro atoms. The van der Waals surface area contributed by atoms with Crippen molar-refractivity contribution >= 4 is 53.0 Å². The third kappa shape index (κ3) is 4.94. The number of amides is 2. The first-order valence-electron chi connectivity index (χ1n) is 7.43. The quantitative estimate of drug-likeness (QED) is 0.598. The average Bonchev–Trinajstić information content (AvgIpc) is 3.07. The summed E-state index contributed by atoms with van der Waals surface area (Å²) in [5, 5.41) is 18.1. The second-order valence-electron chi connectivity index (χ2n) is 5.38. The number of nitrogens with zero attached hydrogens (tertiary/aromatic N) is 4. The zero-order chi connectivity index (χ0) is 17.8. The van der Waals surface area contributed by atoms with Gasteiger partial charge in [0.1, 0.15) is 5.69 Å². The molecule has 0 bridgehead atoms. The van der Waals surface area contributed by atoms with Crippen molar-refractivity contribution in [1.82, 2.24) is 25.6 Å². The molecule has 0 atom stereocenters. The number of aromatic nitrogens is 5. The van der Waals surface area contributed by atoms with E-state index in [4.69, 9.17) is 0 Å². The van der Waals surface area contributed by atoms with Gasteiger partial charge in [-0.1, -0.05) is 17.2 Å². The molecule has 0 fully saturated rings. The molecule has 128 valence electrons. The molecule has 0 aliphatic carbocycles. The van der Waals surface area contributed by atoms with Gasteiger partial charge >= 0.3 is 29.6 Å². The predicted octanol–water partition coefficient (Wildman–Crippen LogP) is 1.13. The van der Waals surface area contributed by atoms with Gasteiger partial charge in [-0.3, -0.25) is 14.9 Å². The SMILES string of the molecule is CC(=O)Nc1ccc(-c2cc(C)cc(C(=O)Nc3nnn[nH]3)n2)cc1.[NaH]. The van der Waals surface area contributed by atoms with Crippen LogP contribution in [-0.4, -0.2) is 67.0 Å². The van der Waals surface area contributed by atoms with Crippen LogP contribution in [0.5, 0.6) is 0 Å². The van der Waals surface area contributed by atoms with Crippen LogP contribution in [0.3, 0.4) is 0 Å². The standard InChI is InChI=1S/C16H15N7O2.Na.H/c1-9-7-13(11-3-5-12(6-4-11)17-10(2)24)18-14(8-9)15(25)19-16-20-22-23-21-16;;/h3-8H,1-2H3,(H,17,24)(H2,19,20,21,22,23,25);;. The fraction of sp³-hybridized carbons (Fsp3) is 0.125. The maximum atomic E-state index is 12.3. The van der Waals surface area contributed by atoms with Crippen molar-refractivity contribution in [3.63, 3.8) is 0 Å². The molecule has 9 nitrogen and oxygen atoms in total. The minimum atomic E-state index is -0.418. The van der Waals surface area contributed by atoms with Gasteiger partial charge in [0.2, 0.25) is 11.9 Å². The van der Waals surface area contributed by atoms with Crippen LogP contribution in [-0.2, 0) is 4.79 Å². The number of hydrogen-bond donors (Lipinski definition) is 3. The van der Waals surface area contributed by atoms with Crippen molar-refractivity contribution in [1.29, 1.82) is 0 Å². The van der Waals surface area contributed by atoms with Crippen LogP contribution < -0.4 is 10.6 Å². The summed E-state index contributed by atoms with van der Waals surface area (Å²) < 4.78 is 0. The average molecular weight is 361 g/mol. The first-order valence-corrected chi connectivity index (χ1v) is 7.43. The Hall–Kier alpha value is -2.62. The molecule has 2 heterocycles. The predicted molar refractivity (Wildman–Crippen MR) is 98.0 cm³/mol. The zero-order valence-electron chi connectivity index (χ0n) is 13.6. The van der Waals surface area contributed by atoms with Crippen molar-refractivity contribution in [2.75, 3.05) is 10.6 Å². The number of hydrogen-bond acceptors (Lipinski definition) is 6. The second-order valence-corrected chi connectivity index (χ2v) is 5.38. The van der Waals surface area contributed by atoms with Gasteiger partial charge < -0.3 is 5.32 Å². The number of carbonyl (C=O) groups is 2. The Labute approximate surface area is 171 Å². The molecule has 10 heteroatoms. The Morgan fingerprint density at radius 3 is 2.42 bits per heavy atom. The van der Waals surface area contributed by atoms with E-state index in [2.05, 4.69) is 36.2 Å². The van der Waals surface area contributed by atoms with Crippen molar-refractivity contribution in [2.45, 2.75) is 13.8 Å². The summed E-state index contributed by atoms with van der Waals surface area (Å²) >= 11 is 0. The van der Waals surface area contributed by atoms with Crippen LogP contribution in [0.2, 0.25) is 0 Å². The molecule has 3 N–H and O–H groups in total. The molecular weight excluding hydrogens is 345 g/mol. The summed E-state index contributed by atoms with van der Waals surface area (Å²) in [4.78, 5) is 27.8. The van der Waals surface area contributed by atoms with Crippen molar-refractivity contribution < 1.29 is 9.59 Å². The molecule has 3 rings (SSSR count). The van der Waals surface area contributed by atoms with Gasteiger partial charge in [-0.15, -0.1) is 0 Å². The van der Waals surface area contributed by atoms with Gasteiger partial charge in [0, 0.05) is 18.2 Å². The van der Waals surface area contributed by atoms with Crippen molar-refractivity contribution in [3.8, 4) is 11.3 Å². The minimum absolute atomic E-state index is 0. The molecular formula is C16H16N7NaO2. The van der Waals surface area contributed by atoms with E-state index in [1.807, 2.05) is 25.1 Å². The summed E-state index contributed by atoms with van der Waals surface area (Å²) in [5.41, 5.74) is 3.30. The van der Waals surface area contributed by atoms with Gasteiger partial charge in [-0.05, 0) is 47.2 Å². The van der Waals surface area contributed by atoms with E-state index in [0.29, 0.717) is 11.4 Å². The second kappa shape index (κ2) is 8.65. The van der Waals surface area contributed by atoms with Gasteiger partial charge in [0.25, 0.3) is 5.91 Å². The summed E-state index contributed by atoms with van der Waals surface area (Å²) in [6, 6.07) is 10.8. The molecule has 0 saturated heterocycles. The third-order valence-corrected chi connectivity index (χ3v) is 3.28. The first kappa shape index (κ1) is 19.7. The number of tetrazole rings is 1. The van der Waals surface area contributed by atoms with Gasteiger partial charge in [-0.25, -0.2) is 10.1 Å². The Kier molecular flexibility index (Phi) is 6.56. The fourth-order valence-corrected chi connectivity index (χ4v) is 2.24. The van der Waals surface area contributed by atoms with Crippen LogP contribution in [0, 0.1) is 6.92 Å². The molecule has 26 heavy (non-hydrogen) atoms. The number of H-pyrrole nitrogens is 1. The van der Waals surface area contributed by atoms with Crippen LogP contribution in [0.15, 0.2) is 36.4 Å². The number of pyridine rings is 1. The number of rotatable bonds is 4. The number of anilines is 2. The molecule has 0 radical (unpaired) electrons. The maximum absolute atomic E-state index is 12.3. The van der Waals surface area contributed by atoms with Crippen molar-refractivity contribution in [2.24, 2.45) is 0 Å². The number of benzene rings is 1. The Morgan fingerprint density at radius 2 is 1.81 bits per heavy atom. The fourth-order valence-electron chi connectivity index (χ4n) is 2.24. The summed E-state index contributed by atoms with van der Waals surface area (Å²) in [7, 11) is 0. The summed E-state index contributed by atoms with van der Waals surface area (Å²) in [6.07, 6.45) is 0. The molecule has 0 aliphatic rings.